The molecule has 21 heavy (non-hydrogen) atoms. The molecule has 1 unspecified atom stereocenters. The van der Waals surface area contributed by atoms with Gasteiger partial charge in [0.15, 0.2) is 6.10 Å². The van der Waals surface area contributed by atoms with Crippen molar-refractivity contribution in [2.24, 2.45) is 0 Å². The van der Waals surface area contributed by atoms with Gasteiger partial charge in [-0.2, -0.15) is 0 Å². The fraction of sp³-hybridized carbons (Fsp3) is 0.385. The number of nitrogens with zero attached hydrogens (tertiary/aromatic N) is 1. The molecule has 0 radical (unpaired) electrons. The predicted octanol–water partition coefficient (Wildman–Crippen LogP) is 3.73. The minimum Gasteiger partial charge on any atom is -0.479 e. The highest BCUT2D eigenvalue weighted by molar-refractivity contribution is 14.1. The third-order valence-electron chi connectivity index (χ3n) is 2.82. The second kappa shape index (κ2) is 8.13. The average Bonchev–Trinajstić information content (AvgIpc) is 2.37. The van der Waals surface area contributed by atoms with Gasteiger partial charge in [-0.3, -0.25) is 4.79 Å². The lowest BCUT2D eigenvalue weighted by Gasteiger charge is -2.23. The van der Waals surface area contributed by atoms with Gasteiger partial charge in [0, 0.05) is 17.5 Å². The molecule has 0 aromatic heterocycles. The Bertz CT molecular complexity index is 577. The largest absolute Gasteiger partial charge is 0.479 e. The van der Waals surface area contributed by atoms with E-state index in [-0.39, 0.29) is 5.91 Å². The fourth-order valence-electron chi connectivity index (χ4n) is 1.59. The van der Waals surface area contributed by atoms with E-state index in [1.807, 2.05) is 6.07 Å². The zero-order chi connectivity index (χ0) is 16.3. The number of carbonyl (C=O) groups excluding carboxylic acids is 1. The van der Waals surface area contributed by atoms with Crippen LogP contribution < -0.4 is 9.64 Å². The van der Waals surface area contributed by atoms with Gasteiger partial charge < -0.3 is 14.7 Å². The molecule has 0 aliphatic heterocycles. The number of amides is 1. The van der Waals surface area contributed by atoms with Gasteiger partial charge in [-0.05, 0) is 80.3 Å². The van der Waals surface area contributed by atoms with Crippen LogP contribution in [0.1, 0.15) is 20.3 Å². The summed E-state index contributed by atoms with van der Waals surface area (Å²) in [6.45, 7) is 3.24. The van der Waals surface area contributed by atoms with Gasteiger partial charge in [-0.15, -0.1) is 0 Å². The van der Waals surface area contributed by atoms with Crippen molar-refractivity contribution in [3.8, 4) is 5.75 Å². The summed E-state index contributed by atoms with van der Waals surface area (Å²) in [5, 5.41) is 9.14. The number of ether oxygens (including phenoxy) is 1. The highest BCUT2D eigenvalue weighted by atomic mass is 127. The van der Waals surface area contributed by atoms with E-state index in [0.717, 1.165) is 16.4 Å². The smallest absolute Gasteiger partial charge is 0.344 e. The lowest BCUT2D eigenvalue weighted by Crippen LogP contribution is -2.28. The van der Waals surface area contributed by atoms with E-state index in [9.17, 15) is 9.59 Å². The Hall–Kier alpha value is 0.150. The number of aliphatic carboxylic acids is 1. The number of hydrogen-bond acceptors (Lipinski definition) is 3. The zero-order valence-corrected chi connectivity index (χ0v) is 18.1. The van der Waals surface area contributed by atoms with E-state index in [2.05, 4.69) is 67.8 Å². The van der Waals surface area contributed by atoms with Crippen LogP contribution >= 0.6 is 67.8 Å². The first-order valence-electron chi connectivity index (χ1n) is 6.01. The minimum atomic E-state index is -0.996. The molecule has 1 atom stereocenters. The molecular weight excluding hydrogens is 615 g/mol. The van der Waals surface area contributed by atoms with E-state index in [0.29, 0.717) is 12.2 Å². The number of benzene rings is 1. The molecule has 0 fully saturated rings. The van der Waals surface area contributed by atoms with Gasteiger partial charge in [-0.25, -0.2) is 4.79 Å². The van der Waals surface area contributed by atoms with Gasteiger partial charge >= 0.3 is 5.97 Å². The molecule has 1 rings (SSSR count). The molecule has 0 spiro atoms. The number of rotatable bonds is 5. The first kappa shape index (κ1) is 19.2. The van der Waals surface area contributed by atoms with E-state index in [1.165, 1.54) is 11.8 Å². The molecule has 0 saturated heterocycles. The summed E-state index contributed by atoms with van der Waals surface area (Å²) in [6, 6.07) is 1.88. The van der Waals surface area contributed by atoms with Crippen LogP contribution in [0.2, 0.25) is 0 Å². The Kier molecular flexibility index (Phi) is 7.43. The molecule has 1 N–H and O–H groups in total. The van der Waals surface area contributed by atoms with Crippen LogP contribution in [0.25, 0.3) is 0 Å². The summed E-state index contributed by atoms with van der Waals surface area (Å²) in [7, 11) is 1.69. The molecule has 5 nitrogen and oxygen atoms in total. The molecule has 0 heterocycles. The molecule has 0 bridgehead atoms. The first-order valence-corrected chi connectivity index (χ1v) is 9.25. The summed E-state index contributed by atoms with van der Waals surface area (Å²) in [6.07, 6.45) is -0.534. The Balaban J connectivity index is 3.37. The number of halogens is 3. The molecule has 1 aromatic rings. The van der Waals surface area contributed by atoms with Crippen molar-refractivity contribution in [2.75, 3.05) is 11.9 Å². The minimum absolute atomic E-state index is 0.0942. The SMILES string of the molecule is CCC(Oc1c(I)cc(I)c(N(C)C(C)=O)c1I)C(=O)O. The van der Waals surface area contributed by atoms with Crippen molar-refractivity contribution in [1.29, 1.82) is 0 Å². The van der Waals surface area contributed by atoms with Gasteiger partial charge in [0.2, 0.25) is 5.91 Å². The first-order chi connectivity index (χ1) is 9.70. The van der Waals surface area contributed by atoms with Crippen molar-refractivity contribution >= 4 is 85.3 Å². The summed E-state index contributed by atoms with van der Waals surface area (Å²) < 4.78 is 8.13. The van der Waals surface area contributed by atoms with Crippen molar-refractivity contribution in [2.45, 2.75) is 26.4 Å². The van der Waals surface area contributed by atoms with E-state index < -0.39 is 12.1 Å². The molecule has 116 valence electrons. The zero-order valence-electron chi connectivity index (χ0n) is 11.6. The van der Waals surface area contributed by atoms with E-state index in [1.54, 1.807) is 14.0 Å². The van der Waals surface area contributed by atoms with Gasteiger partial charge in [-0.1, -0.05) is 6.92 Å². The lowest BCUT2D eigenvalue weighted by molar-refractivity contribution is -0.145. The van der Waals surface area contributed by atoms with Crippen LogP contribution in [0, 0.1) is 10.7 Å². The maximum atomic E-state index is 11.6. The van der Waals surface area contributed by atoms with Gasteiger partial charge in [0.1, 0.15) is 5.75 Å². The van der Waals surface area contributed by atoms with Crippen LogP contribution in [0.15, 0.2) is 6.07 Å². The second-order valence-electron chi connectivity index (χ2n) is 4.26. The maximum absolute atomic E-state index is 11.6. The average molecular weight is 629 g/mol. The standard InChI is InChI=1S/C13H14I3NO4/c1-4-9(13(19)20)21-12-8(15)5-7(14)11(10(12)16)17(3)6(2)18/h5,9H,4H2,1-3H3,(H,19,20). The summed E-state index contributed by atoms with van der Waals surface area (Å²) >= 11 is 6.36. The molecule has 1 aromatic carbocycles. The molecule has 8 heteroatoms. The highest BCUT2D eigenvalue weighted by Crippen LogP contribution is 2.39. The highest BCUT2D eigenvalue weighted by Gasteiger charge is 2.24. The third kappa shape index (κ3) is 4.56. The Labute approximate surface area is 164 Å². The number of hydrogen-bond donors (Lipinski definition) is 1. The Morgan fingerprint density at radius 1 is 1.33 bits per heavy atom. The second-order valence-corrected chi connectivity index (χ2v) is 7.67. The van der Waals surface area contributed by atoms with Crippen molar-refractivity contribution in [1.82, 2.24) is 0 Å². The van der Waals surface area contributed by atoms with E-state index in [4.69, 9.17) is 9.84 Å². The predicted molar refractivity (Wildman–Crippen MR) is 106 cm³/mol. The quantitative estimate of drug-likeness (QED) is 0.505. The molecule has 0 aliphatic rings. The summed E-state index contributed by atoms with van der Waals surface area (Å²) in [4.78, 5) is 24.3. The normalized spacial score (nSPS) is 11.9. The third-order valence-corrected chi connectivity index (χ3v) is 5.44. The molecule has 0 saturated carbocycles. The van der Waals surface area contributed by atoms with Crippen LogP contribution in [-0.4, -0.2) is 30.1 Å². The lowest BCUT2D eigenvalue weighted by atomic mass is 10.2. The van der Waals surface area contributed by atoms with Crippen LogP contribution in [0.5, 0.6) is 5.75 Å². The molecular formula is C13H14I3NO4. The van der Waals surface area contributed by atoms with Crippen molar-refractivity contribution < 1.29 is 19.4 Å². The van der Waals surface area contributed by atoms with Gasteiger partial charge in [0.05, 0.1) is 12.8 Å². The Morgan fingerprint density at radius 2 is 1.90 bits per heavy atom. The number of carbonyl (C=O) groups is 2. The van der Waals surface area contributed by atoms with Crippen molar-refractivity contribution in [3.05, 3.63) is 16.8 Å². The van der Waals surface area contributed by atoms with Crippen molar-refractivity contribution in [3.63, 3.8) is 0 Å². The molecule has 1 amide bonds. The van der Waals surface area contributed by atoms with Crippen LogP contribution in [-0.2, 0) is 9.59 Å². The number of carboxylic acids is 1. The monoisotopic (exact) mass is 629 g/mol. The topological polar surface area (TPSA) is 66.8 Å². The number of carboxylic acid groups (broad SMARTS) is 1. The van der Waals surface area contributed by atoms with Crippen LogP contribution in [0.3, 0.4) is 0 Å². The summed E-state index contributed by atoms with van der Waals surface area (Å²) in [5.74, 6) is -0.582. The maximum Gasteiger partial charge on any atom is 0.344 e. The summed E-state index contributed by atoms with van der Waals surface area (Å²) in [5.41, 5.74) is 0.736. The number of anilines is 1. The van der Waals surface area contributed by atoms with Gasteiger partial charge in [0.25, 0.3) is 0 Å². The Morgan fingerprint density at radius 3 is 2.33 bits per heavy atom. The van der Waals surface area contributed by atoms with Crippen LogP contribution in [0.4, 0.5) is 5.69 Å². The fourth-order valence-corrected chi connectivity index (χ4v) is 5.94. The van der Waals surface area contributed by atoms with E-state index >= 15 is 0 Å². The molecule has 0 aliphatic carbocycles.